The quantitative estimate of drug-likeness (QED) is 0.207. The van der Waals surface area contributed by atoms with Crippen molar-refractivity contribution in [3.05, 3.63) is 29.3 Å². The summed E-state index contributed by atoms with van der Waals surface area (Å²) in [6.45, 7) is 14.0. The summed E-state index contributed by atoms with van der Waals surface area (Å²) in [7, 11) is -1.30. The third-order valence-corrected chi connectivity index (χ3v) is 7.54. The van der Waals surface area contributed by atoms with Crippen LogP contribution in [0.2, 0.25) is 25.7 Å². The molecule has 0 saturated heterocycles. The minimum absolute atomic E-state index is 0.261. The van der Waals surface area contributed by atoms with Crippen molar-refractivity contribution in [2.75, 3.05) is 13.4 Å². The van der Waals surface area contributed by atoms with Gasteiger partial charge in [-0.3, -0.25) is 0 Å². The Morgan fingerprint density at radius 2 is 1.79 bits per heavy atom. The standard InChI is InChI=1S/C20H34F3NO3SSi/c1-8-17(24-28(25)19(2,3)4)15-10-9-11-16(20(21,22)23)18(15)27-14-26-12-13-29(5,6)7/h9-11,17,24H,8,12-14H2,1-7H3/t17-,28?/m1/s1. The van der Waals surface area contributed by atoms with E-state index in [1.54, 1.807) is 26.8 Å². The number of benzene rings is 1. The highest BCUT2D eigenvalue weighted by Crippen LogP contribution is 2.41. The summed E-state index contributed by atoms with van der Waals surface area (Å²) in [6, 6.07) is 4.27. The summed E-state index contributed by atoms with van der Waals surface area (Å²) >= 11 is -1.44. The lowest BCUT2D eigenvalue weighted by Gasteiger charge is -2.29. The molecule has 2 atom stereocenters. The lowest BCUT2D eigenvalue weighted by atomic mass is 10.0. The Morgan fingerprint density at radius 3 is 2.28 bits per heavy atom. The summed E-state index contributed by atoms with van der Waals surface area (Å²) in [5.41, 5.74) is -0.528. The van der Waals surface area contributed by atoms with E-state index in [9.17, 15) is 17.7 Å². The van der Waals surface area contributed by atoms with E-state index in [2.05, 4.69) is 24.4 Å². The van der Waals surface area contributed by atoms with Gasteiger partial charge in [-0.1, -0.05) is 38.7 Å². The van der Waals surface area contributed by atoms with Crippen molar-refractivity contribution in [3.63, 3.8) is 0 Å². The molecule has 1 rings (SSSR count). The van der Waals surface area contributed by atoms with Gasteiger partial charge in [-0.05, 0) is 39.3 Å². The predicted molar refractivity (Wildman–Crippen MR) is 115 cm³/mol. The normalized spacial score (nSPS) is 15.3. The maximum atomic E-state index is 13.6. The van der Waals surface area contributed by atoms with Crippen LogP contribution in [-0.2, 0) is 22.3 Å². The molecule has 1 aromatic rings. The van der Waals surface area contributed by atoms with E-state index >= 15 is 0 Å². The Labute approximate surface area is 176 Å². The molecule has 0 aliphatic rings. The van der Waals surface area contributed by atoms with E-state index in [0.29, 0.717) is 18.6 Å². The number of rotatable bonds is 10. The summed E-state index contributed by atoms with van der Waals surface area (Å²) in [5, 5.41) is 0. The number of hydrogen-bond acceptors (Lipinski definition) is 4. The van der Waals surface area contributed by atoms with Crippen LogP contribution in [0.5, 0.6) is 5.75 Å². The predicted octanol–water partition coefficient (Wildman–Crippen LogP) is 5.90. The van der Waals surface area contributed by atoms with Crippen LogP contribution >= 0.6 is 0 Å². The van der Waals surface area contributed by atoms with E-state index < -0.39 is 42.0 Å². The van der Waals surface area contributed by atoms with Gasteiger partial charge in [-0.25, -0.2) is 0 Å². The first-order chi connectivity index (χ1) is 13.2. The molecule has 1 N–H and O–H groups in total. The van der Waals surface area contributed by atoms with Crippen LogP contribution in [0.15, 0.2) is 18.2 Å². The number of ether oxygens (including phenoxy) is 2. The van der Waals surface area contributed by atoms with Gasteiger partial charge in [0.1, 0.15) is 10.5 Å². The van der Waals surface area contributed by atoms with Gasteiger partial charge in [0.15, 0.2) is 6.79 Å². The lowest BCUT2D eigenvalue weighted by Crippen LogP contribution is -2.41. The molecular formula is C20H34F3NO3SSi. The van der Waals surface area contributed by atoms with Crippen molar-refractivity contribution in [2.24, 2.45) is 0 Å². The van der Waals surface area contributed by atoms with Gasteiger partial charge in [-0.2, -0.15) is 13.2 Å². The first kappa shape index (κ1) is 26.3. The summed E-state index contributed by atoms with van der Waals surface area (Å²) < 4.78 is 66.6. The SMILES string of the molecule is CC[C@@H](N[S+]([O-])C(C)(C)C)c1cccc(C(F)(F)F)c1OCOCC[Si](C)(C)C. The van der Waals surface area contributed by atoms with Crippen LogP contribution in [0.3, 0.4) is 0 Å². The molecule has 168 valence electrons. The fraction of sp³-hybridized carbons (Fsp3) is 0.700. The maximum absolute atomic E-state index is 13.6. The van der Waals surface area contributed by atoms with Crippen molar-refractivity contribution in [3.8, 4) is 5.75 Å². The first-order valence-electron chi connectivity index (χ1n) is 9.75. The van der Waals surface area contributed by atoms with Crippen LogP contribution in [0.1, 0.15) is 51.3 Å². The molecule has 1 aromatic carbocycles. The second kappa shape index (κ2) is 10.5. The fourth-order valence-electron chi connectivity index (χ4n) is 2.42. The van der Waals surface area contributed by atoms with E-state index in [-0.39, 0.29) is 12.5 Å². The van der Waals surface area contributed by atoms with E-state index in [1.165, 1.54) is 6.07 Å². The largest absolute Gasteiger partial charge is 0.598 e. The zero-order valence-corrected chi connectivity index (χ0v) is 20.2. The van der Waals surface area contributed by atoms with Gasteiger partial charge in [0.25, 0.3) is 0 Å². The fourth-order valence-corrected chi connectivity index (χ4v) is 4.09. The molecule has 1 unspecified atom stereocenters. The Hall–Kier alpha value is -0.743. The van der Waals surface area contributed by atoms with E-state index in [0.717, 1.165) is 12.1 Å². The number of nitrogens with one attached hydrogen (secondary N) is 1. The van der Waals surface area contributed by atoms with Crippen LogP contribution in [0, 0.1) is 0 Å². The minimum atomic E-state index is -4.56. The molecule has 0 heterocycles. The molecule has 0 bridgehead atoms. The molecule has 0 aliphatic heterocycles. The second-order valence-electron chi connectivity index (χ2n) is 9.16. The molecule has 29 heavy (non-hydrogen) atoms. The van der Waals surface area contributed by atoms with Gasteiger partial charge in [-0.15, -0.1) is 4.72 Å². The van der Waals surface area contributed by atoms with Gasteiger partial charge in [0, 0.05) is 31.6 Å². The van der Waals surface area contributed by atoms with Gasteiger partial charge >= 0.3 is 6.18 Å². The Balaban J connectivity index is 3.09. The third-order valence-electron chi connectivity index (χ3n) is 4.22. The van der Waals surface area contributed by atoms with Crippen molar-refractivity contribution in [2.45, 2.75) is 76.8 Å². The van der Waals surface area contributed by atoms with Crippen molar-refractivity contribution < 1.29 is 27.2 Å². The number of para-hydroxylation sites is 1. The molecule has 0 spiro atoms. The average molecular weight is 454 g/mol. The summed E-state index contributed by atoms with van der Waals surface area (Å²) in [5.74, 6) is -0.265. The molecule has 0 aromatic heterocycles. The number of hydrogen-bond donors (Lipinski definition) is 1. The van der Waals surface area contributed by atoms with Gasteiger partial charge < -0.3 is 14.0 Å². The monoisotopic (exact) mass is 453 g/mol. The number of alkyl halides is 3. The van der Waals surface area contributed by atoms with Gasteiger partial charge in [0.05, 0.1) is 11.6 Å². The van der Waals surface area contributed by atoms with Crippen LogP contribution in [0.25, 0.3) is 0 Å². The third kappa shape index (κ3) is 8.88. The molecule has 0 fully saturated rings. The molecule has 9 heteroatoms. The molecule has 0 aliphatic carbocycles. The van der Waals surface area contributed by atoms with E-state index in [1.807, 2.05) is 6.92 Å². The van der Waals surface area contributed by atoms with Crippen molar-refractivity contribution >= 4 is 19.4 Å². The smallest absolute Gasteiger partial charge is 0.419 e. The minimum Gasteiger partial charge on any atom is -0.598 e. The highest BCUT2D eigenvalue weighted by molar-refractivity contribution is 7.90. The number of halogens is 3. The topological polar surface area (TPSA) is 53.5 Å². The second-order valence-corrected chi connectivity index (χ2v) is 16.8. The zero-order valence-electron chi connectivity index (χ0n) is 18.4. The van der Waals surface area contributed by atoms with Crippen LogP contribution in [0.4, 0.5) is 13.2 Å². The molecule has 4 nitrogen and oxygen atoms in total. The van der Waals surface area contributed by atoms with E-state index in [4.69, 9.17) is 9.47 Å². The van der Waals surface area contributed by atoms with Gasteiger partial charge in [0.2, 0.25) is 0 Å². The molecule has 0 amide bonds. The zero-order chi connectivity index (χ0) is 22.5. The first-order valence-corrected chi connectivity index (χ1v) is 14.6. The molecule has 0 radical (unpaired) electrons. The highest BCUT2D eigenvalue weighted by atomic mass is 32.2. The summed E-state index contributed by atoms with van der Waals surface area (Å²) in [4.78, 5) is 0. The Kier molecular flexibility index (Phi) is 9.54. The van der Waals surface area contributed by atoms with Crippen LogP contribution < -0.4 is 9.46 Å². The lowest BCUT2D eigenvalue weighted by molar-refractivity contribution is -0.139. The van der Waals surface area contributed by atoms with Crippen molar-refractivity contribution in [1.82, 2.24) is 4.72 Å². The van der Waals surface area contributed by atoms with Crippen molar-refractivity contribution in [1.29, 1.82) is 0 Å². The average Bonchev–Trinajstić information content (AvgIpc) is 2.56. The van der Waals surface area contributed by atoms with Crippen LogP contribution in [-0.4, -0.2) is 30.8 Å². The maximum Gasteiger partial charge on any atom is 0.419 e. The Morgan fingerprint density at radius 1 is 1.17 bits per heavy atom. The molecule has 0 saturated carbocycles. The molecular weight excluding hydrogens is 419 g/mol. The Bertz CT molecular complexity index is 645. The highest BCUT2D eigenvalue weighted by Gasteiger charge is 2.37. The summed E-state index contributed by atoms with van der Waals surface area (Å²) in [6.07, 6.45) is -4.11.